The SMILES string of the molecule is CN(Cc1cc2n(n1)CCCNC2)Cc1noc2c1CCCC2. The van der Waals surface area contributed by atoms with Gasteiger partial charge in [0.2, 0.25) is 0 Å². The van der Waals surface area contributed by atoms with Crippen molar-refractivity contribution in [2.24, 2.45) is 0 Å². The van der Waals surface area contributed by atoms with E-state index in [-0.39, 0.29) is 0 Å². The van der Waals surface area contributed by atoms with Crippen LogP contribution in [0, 0.1) is 0 Å². The summed E-state index contributed by atoms with van der Waals surface area (Å²) in [7, 11) is 2.13. The summed E-state index contributed by atoms with van der Waals surface area (Å²) in [5.41, 5.74) is 4.91. The second-order valence-corrected chi connectivity index (χ2v) is 6.79. The van der Waals surface area contributed by atoms with E-state index >= 15 is 0 Å². The van der Waals surface area contributed by atoms with Crippen LogP contribution >= 0.6 is 0 Å². The van der Waals surface area contributed by atoms with Crippen molar-refractivity contribution in [2.45, 2.75) is 58.3 Å². The highest BCUT2D eigenvalue weighted by Crippen LogP contribution is 2.25. The maximum Gasteiger partial charge on any atom is 0.140 e. The molecule has 4 rings (SSSR count). The van der Waals surface area contributed by atoms with Gasteiger partial charge in [0.1, 0.15) is 11.5 Å². The van der Waals surface area contributed by atoms with E-state index in [0.717, 1.165) is 69.1 Å². The van der Waals surface area contributed by atoms with Crippen LogP contribution in [0.1, 0.15) is 47.7 Å². The van der Waals surface area contributed by atoms with Crippen LogP contribution in [0.15, 0.2) is 10.6 Å². The van der Waals surface area contributed by atoms with Crippen molar-refractivity contribution in [3.63, 3.8) is 0 Å². The predicted molar refractivity (Wildman–Crippen MR) is 86.9 cm³/mol. The first-order chi connectivity index (χ1) is 11.3. The molecule has 0 atom stereocenters. The molecule has 124 valence electrons. The molecule has 1 aliphatic heterocycles. The summed E-state index contributed by atoms with van der Waals surface area (Å²) in [5, 5.41) is 12.5. The van der Waals surface area contributed by atoms with Gasteiger partial charge in [-0.15, -0.1) is 0 Å². The van der Waals surface area contributed by atoms with E-state index in [4.69, 9.17) is 9.62 Å². The van der Waals surface area contributed by atoms with Crippen LogP contribution in [0.4, 0.5) is 0 Å². The van der Waals surface area contributed by atoms with Crippen LogP contribution < -0.4 is 5.32 Å². The molecule has 6 nitrogen and oxygen atoms in total. The Kier molecular flexibility index (Phi) is 4.18. The van der Waals surface area contributed by atoms with E-state index in [9.17, 15) is 0 Å². The van der Waals surface area contributed by atoms with Crippen molar-refractivity contribution >= 4 is 0 Å². The molecule has 0 radical (unpaired) electrons. The number of aryl methyl sites for hydroxylation is 2. The summed E-state index contributed by atoms with van der Waals surface area (Å²) >= 11 is 0. The van der Waals surface area contributed by atoms with Gasteiger partial charge >= 0.3 is 0 Å². The fourth-order valence-corrected chi connectivity index (χ4v) is 3.66. The van der Waals surface area contributed by atoms with Gasteiger partial charge in [-0.1, -0.05) is 5.16 Å². The Morgan fingerprint density at radius 1 is 1.26 bits per heavy atom. The number of rotatable bonds is 4. The van der Waals surface area contributed by atoms with Crippen molar-refractivity contribution in [2.75, 3.05) is 13.6 Å². The van der Waals surface area contributed by atoms with Crippen LogP contribution in [0.2, 0.25) is 0 Å². The molecule has 1 aliphatic carbocycles. The highest BCUT2D eigenvalue weighted by Gasteiger charge is 2.20. The Labute approximate surface area is 136 Å². The van der Waals surface area contributed by atoms with Gasteiger partial charge in [0, 0.05) is 38.2 Å². The number of aromatic nitrogens is 3. The van der Waals surface area contributed by atoms with E-state index in [1.807, 2.05) is 0 Å². The minimum atomic E-state index is 0.833. The Hall–Kier alpha value is -1.66. The zero-order chi connectivity index (χ0) is 15.6. The molecule has 2 aromatic rings. The summed E-state index contributed by atoms with van der Waals surface area (Å²) in [6.07, 6.45) is 5.80. The minimum absolute atomic E-state index is 0.833. The molecule has 1 N–H and O–H groups in total. The molecule has 0 saturated carbocycles. The Balaban J connectivity index is 1.42. The Bertz CT molecular complexity index is 651. The van der Waals surface area contributed by atoms with E-state index in [1.165, 1.54) is 24.1 Å². The Morgan fingerprint density at radius 2 is 2.17 bits per heavy atom. The molecule has 23 heavy (non-hydrogen) atoms. The average Bonchev–Trinajstić information content (AvgIpc) is 3.05. The molecule has 2 aromatic heterocycles. The average molecular weight is 315 g/mol. The lowest BCUT2D eigenvalue weighted by Crippen LogP contribution is -2.19. The van der Waals surface area contributed by atoms with Gasteiger partial charge in [-0.3, -0.25) is 9.58 Å². The summed E-state index contributed by atoms with van der Waals surface area (Å²) in [6.45, 7) is 4.70. The highest BCUT2D eigenvalue weighted by molar-refractivity contribution is 5.25. The quantitative estimate of drug-likeness (QED) is 0.933. The van der Waals surface area contributed by atoms with Crippen molar-refractivity contribution < 1.29 is 4.52 Å². The van der Waals surface area contributed by atoms with Crippen LogP contribution in [-0.4, -0.2) is 33.4 Å². The summed E-state index contributed by atoms with van der Waals surface area (Å²) in [6, 6.07) is 2.23. The first-order valence-corrected chi connectivity index (χ1v) is 8.71. The van der Waals surface area contributed by atoms with E-state index in [0.29, 0.717) is 0 Å². The van der Waals surface area contributed by atoms with E-state index < -0.39 is 0 Å². The van der Waals surface area contributed by atoms with Crippen molar-refractivity contribution in [1.29, 1.82) is 0 Å². The molecule has 6 heteroatoms. The molecule has 2 aliphatic rings. The second kappa shape index (κ2) is 6.45. The zero-order valence-corrected chi connectivity index (χ0v) is 13.8. The zero-order valence-electron chi connectivity index (χ0n) is 13.8. The molecular weight excluding hydrogens is 290 g/mol. The number of nitrogens with one attached hydrogen (secondary N) is 1. The monoisotopic (exact) mass is 315 g/mol. The predicted octanol–water partition coefficient (Wildman–Crippen LogP) is 1.88. The van der Waals surface area contributed by atoms with Crippen molar-refractivity contribution in [1.82, 2.24) is 25.2 Å². The third kappa shape index (κ3) is 3.19. The number of hydrogen-bond acceptors (Lipinski definition) is 5. The number of fused-ring (bicyclic) bond motifs is 2. The third-order valence-electron chi connectivity index (χ3n) is 4.83. The van der Waals surface area contributed by atoms with Crippen LogP contribution in [0.3, 0.4) is 0 Å². The van der Waals surface area contributed by atoms with Gasteiger partial charge in [-0.05, 0) is 45.3 Å². The first-order valence-electron chi connectivity index (χ1n) is 8.71. The molecule has 0 amide bonds. The van der Waals surface area contributed by atoms with Crippen LogP contribution in [-0.2, 0) is 39.0 Å². The van der Waals surface area contributed by atoms with Gasteiger partial charge in [0.05, 0.1) is 11.4 Å². The standard InChI is InChI=1S/C17H25N5O/c1-21(12-16-15-5-2-3-6-17(15)23-20-16)11-13-9-14-10-18-7-4-8-22(14)19-13/h9,18H,2-8,10-12H2,1H3. The molecule has 3 heterocycles. The van der Waals surface area contributed by atoms with E-state index in [2.05, 4.69) is 33.2 Å². The maximum atomic E-state index is 5.51. The van der Waals surface area contributed by atoms with Gasteiger partial charge in [0.15, 0.2) is 0 Å². The lowest BCUT2D eigenvalue weighted by Gasteiger charge is -2.15. The van der Waals surface area contributed by atoms with Crippen molar-refractivity contribution in [3.8, 4) is 0 Å². The van der Waals surface area contributed by atoms with Crippen LogP contribution in [0.25, 0.3) is 0 Å². The summed E-state index contributed by atoms with van der Waals surface area (Å²) < 4.78 is 7.67. The van der Waals surface area contributed by atoms with E-state index in [1.54, 1.807) is 0 Å². The molecule has 0 fully saturated rings. The number of nitrogens with zero attached hydrogens (tertiary/aromatic N) is 4. The fourth-order valence-electron chi connectivity index (χ4n) is 3.66. The fraction of sp³-hybridized carbons (Fsp3) is 0.647. The summed E-state index contributed by atoms with van der Waals surface area (Å²) in [5.74, 6) is 1.11. The smallest absolute Gasteiger partial charge is 0.140 e. The first kappa shape index (κ1) is 14.9. The maximum absolute atomic E-state index is 5.51. The molecular formula is C17H25N5O. The lowest BCUT2D eigenvalue weighted by atomic mass is 9.96. The number of hydrogen-bond donors (Lipinski definition) is 1. The van der Waals surface area contributed by atoms with Gasteiger partial charge in [0.25, 0.3) is 0 Å². The lowest BCUT2D eigenvalue weighted by molar-refractivity contribution is 0.296. The van der Waals surface area contributed by atoms with Gasteiger partial charge in [-0.25, -0.2) is 0 Å². The molecule has 0 unspecified atom stereocenters. The summed E-state index contributed by atoms with van der Waals surface area (Å²) in [4.78, 5) is 2.28. The third-order valence-corrected chi connectivity index (χ3v) is 4.83. The van der Waals surface area contributed by atoms with Gasteiger partial charge in [-0.2, -0.15) is 5.10 Å². The molecule has 0 bridgehead atoms. The molecule has 0 saturated heterocycles. The normalized spacial score (nSPS) is 17.8. The largest absolute Gasteiger partial charge is 0.361 e. The minimum Gasteiger partial charge on any atom is -0.361 e. The van der Waals surface area contributed by atoms with Gasteiger partial charge < -0.3 is 9.84 Å². The van der Waals surface area contributed by atoms with Crippen molar-refractivity contribution in [3.05, 3.63) is 34.5 Å². The molecule has 0 spiro atoms. The molecule has 0 aromatic carbocycles. The highest BCUT2D eigenvalue weighted by atomic mass is 16.5. The topological polar surface area (TPSA) is 59.1 Å². The van der Waals surface area contributed by atoms with Crippen LogP contribution in [0.5, 0.6) is 0 Å². The second-order valence-electron chi connectivity index (χ2n) is 6.79. The Morgan fingerprint density at radius 3 is 3.13 bits per heavy atom.